The largest absolute Gasteiger partial charge is 0.481 e. The van der Waals surface area contributed by atoms with E-state index in [0.29, 0.717) is 5.41 Å². The second-order valence-corrected chi connectivity index (χ2v) is 4.53. The number of rotatable bonds is 4. The molecule has 0 radical (unpaired) electrons. The van der Waals surface area contributed by atoms with Gasteiger partial charge in [-0.25, -0.2) is 0 Å². The zero-order valence-corrected chi connectivity index (χ0v) is 10.1. The van der Waals surface area contributed by atoms with Crippen molar-refractivity contribution in [3.8, 4) is 0 Å². The van der Waals surface area contributed by atoms with Crippen LogP contribution in [-0.2, 0) is 4.79 Å². The topological polar surface area (TPSA) is 63.3 Å². The lowest BCUT2D eigenvalue weighted by molar-refractivity contribution is -0.134. The molecule has 0 spiro atoms. The van der Waals surface area contributed by atoms with Crippen LogP contribution in [0.2, 0.25) is 0 Å². The van der Waals surface area contributed by atoms with E-state index in [2.05, 4.69) is 6.92 Å². The molecule has 0 unspecified atom stereocenters. The second-order valence-electron chi connectivity index (χ2n) is 4.53. The number of carbonyl (C=O) groups is 1. The summed E-state index contributed by atoms with van der Waals surface area (Å²) in [5.74, 6) is -0.833. The summed E-state index contributed by atoms with van der Waals surface area (Å²) in [6.07, 6.45) is 9.69. The molecule has 15 heavy (non-hydrogen) atoms. The van der Waals surface area contributed by atoms with Crippen LogP contribution in [-0.4, -0.2) is 17.6 Å². The Morgan fingerprint density at radius 3 is 2.20 bits per heavy atom. The van der Waals surface area contributed by atoms with E-state index >= 15 is 0 Å². The second kappa shape index (κ2) is 7.69. The molecule has 3 nitrogen and oxygen atoms in total. The lowest BCUT2D eigenvalue weighted by Crippen LogP contribution is -2.27. The van der Waals surface area contributed by atoms with E-state index < -0.39 is 5.97 Å². The van der Waals surface area contributed by atoms with Gasteiger partial charge in [-0.1, -0.05) is 32.6 Å². The van der Waals surface area contributed by atoms with Gasteiger partial charge in [-0.2, -0.15) is 0 Å². The molecule has 0 bridgehead atoms. The van der Waals surface area contributed by atoms with Gasteiger partial charge >= 0.3 is 0 Å². The van der Waals surface area contributed by atoms with Gasteiger partial charge in [0, 0.05) is 6.92 Å². The van der Waals surface area contributed by atoms with Gasteiger partial charge in [0.25, 0.3) is 5.97 Å². The summed E-state index contributed by atoms with van der Waals surface area (Å²) in [5, 5.41) is 7.42. The van der Waals surface area contributed by atoms with Crippen LogP contribution < -0.4 is 5.73 Å². The first-order valence-corrected chi connectivity index (χ1v) is 5.96. The van der Waals surface area contributed by atoms with Crippen molar-refractivity contribution in [3.05, 3.63) is 0 Å². The van der Waals surface area contributed by atoms with Crippen molar-refractivity contribution >= 4 is 5.97 Å². The molecular formula is C12H25NO2. The molecule has 3 heteroatoms. The van der Waals surface area contributed by atoms with Gasteiger partial charge in [0.2, 0.25) is 0 Å². The first-order chi connectivity index (χ1) is 7.06. The van der Waals surface area contributed by atoms with Crippen LogP contribution in [0.1, 0.15) is 58.8 Å². The fourth-order valence-electron chi connectivity index (χ4n) is 2.23. The molecule has 1 aliphatic carbocycles. The molecule has 1 rings (SSSR count). The van der Waals surface area contributed by atoms with Crippen LogP contribution in [0, 0.1) is 5.41 Å². The number of hydrogen-bond donors (Lipinski definition) is 2. The first kappa shape index (κ1) is 14.4. The molecule has 0 aliphatic heterocycles. The van der Waals surface area contributed by atoms with Gasteiger partial charge in [0.1, 0.15) is 0 Å². The molecule has 0 atom stereocenters. The van der Waals surface area contributed by atoms with E-state index in [1.165, 1.54) is 44.9 Å². The first-order valence-electron chi connectivity index (χ1n) is 5.96. The van der Waals surface area contributed by atoms with Crippen molar-refractivity contribution in [1.29, 1.82) is 0 Å². The highest BCUT2D eigenvalue weighted by atomic mass is 16.4. The summed E-state index contributed by atoms with van der Waals surface area (Å²) in [7, 11) is 0. The SMILES string of the molecule is CC(=O)O.CCCCC1(CN)CCCC1. The monoisotopic (exact) mass is 215 g/mol. The molecule has 0 aromatic rings. The molecule has 1 fully saturated rings. The molecular weight excluding hydrogens is 190 g/mol. The third-order valence-electron chi connectivity index (χ3n) is 3.16. The molecule has 3 N–H and O–H groups in total. The molecule has 0 aromatic carbocycles. The van der Waals surface area contributed by atoms with E-state index in [1.807, 2.05) is 0 Å². The highest BCUT2D eigenvalue weighted by molar-refractivity contribution is 5.62. The highest BCUT2D eigenvalue weighted by Crippen LogP contribution is 2.41. The van der Waals surface area contributed by atoms with Gasteiger partial charge in [0.05, 0.1) is 0 Å². The van der Waals surface area contributed by atoms with E-state index in [9.17, 15) is 0 Å². The van der Waals surface area contributed by atoms with Crippen molar-refractivity contribution in [3.63, 3.8) is 0 Å². The van der Waals surface area contributed by atoms with Gasteiger partial charge in [-0.05, 0) is 31.2 Å². The van der Waals surface area contributed by atoms with Crippen LogP contribution in [0.4, 0.5) is 0 Å². The Balaban J connectivity index is 0.000000423. The average molecular weight is 215 g/mol. The molecule has 0 aromatic heterocycles. The average Bonchev–Trinajstić information content (AvgIpc) is 2.63. The Labute approximate surface area is 93.0 Å². The number of aliphatic carboxylic acids is 1. The van der Waals surface area contributed by atoms with Gasteiger partial charge in [0.15, 0.2) is 0 Å². The third kappa shape index (κ3) is 6.50. The predicted octanol–water partition coefficient (Wildman–Crippen LogP) is 2.79. The molecule has 90 valence electrons. The molecule has 0 heterocycles. The molecule has 1 saturated carbocycles. The predicted molar refractivity (Wildman–Crippen MR) is 62.8 cm³/mol. The summed E-state index contributed by atoms with van der Waals surface area (Å²) in [5.41, 5.74) is 6.38. The van der Waals surface area contributed by atoms with Gasteiger partial charge < -0.3 is 10.8 Å². The number of carboxylic acid groups (broad SMARTS) is 1. The minimum Gasteiger partial charge on any atom is -0.481 e. The Hall–Kier alpha value is -0.570. The lowest BCUT2D eigenvalue weighted by atomic mass is 9.81. The third-order valence-corrected chi connectivity index (χ3v) is 3.16. The smallest absolute Gasteiger partial charge is 0.300 e. The van der Waals surface area contributed by atoms with Crippen molar-refractivity contribution in [2.75, 3.05) is 6.54 Å². The normalized spacial score (nSPS) is 18.1. The van der Waals surface area contributed by atoms with Crippen molar-refractivity contribution in [1.82, 2.24) is 0 Å². The number of unbranched alkanes of at least 4 members (excludes halogenated alkanes) is 1. The number of hydrogen-bond acceptors (Lipinski definition) is 2. The zero-order valence-electron chi connectivity index (χ0n) is 10.1. The van der Waals surface area contributed by atoms with Gasteiger partial charge in [-0.3, -0.25) is 4.79 Å². The number of nitrogens with two attached hydrogens (primary N) is 1. The van der Waals surface area contributed by atoms with Crippen LogP contribution in [0.15, 0.2) is 0 Å². The fraction of sp³-hybridized carbons (Fsp3) is 0.917. The molecule has 0 amide bonds. The lowest BCUT2D eigenvalue weighted by Gasteiger charge is -2.26. The van der Waals surface area contributed by atoms with Gasteiger partial charge in [-0.15, -0.1) is 0 Å². The molecule has 1 aliphatic rings. The van der Waals surface area contributed by atoms with Crippen LogP contribution in [0.5, 0.6) is 0 Å². The van der Waals surface area contributed by atoms with Crippen LogP contribution >= 0.6 is 0 Å². The Morgan fingerprint density at radius 2 is 1.87 bits per heavy atom. The Morgan fingerprint density at radius 1 is 1.40 bits per heavy atom. The summed E-state index contributed by atoms with van der Waals surface area (Å²) in [4.78, 5) is 9.00. The van der Waals surface area contributed by atoms with E-state index in [0.717, 1.165) is 13.5 Å². The minimum absolute atomic E-state index is 0.565. The maximum atomic E-state index is 9.00. The maximum absolute atomic E-state index is 9.00. The standard InChI is InChI=1S/C10H21N.C2H4O2/c1-2-3-6-10(9-11)7-4-5-8-10;1-2(3)4/h2-9,11H2,1H3;1H3,(H,3,4). The van der Waals surface area contributed by atoms with Crippen molar-refractivity contribution in [2.24, 2.45) is 11.1 Å². The highest BCUT2D eigenvalue weighted by Gasteiger charge is 2.31. The summed E-state index contributed by atoms with van der Waals surface area (Å²) >= 11 is 0. The summed E-state index contributed by atoms with van der Waals surface area (Å²) in [6.45, 7) is 4.27. The summed E-state index contributed by atoms with van der Waals surface area (Å²) in [6, 6.07) is 0. The fourth-order valence-corrected chi connectivity index (χ4v) is 2.23. The summed E-state index contributed by atoms with van der Waals surface area (Å²) < 4.78 is 0. The Bertz CT molecular complexity index is 170. The Kier molecular flexibility index (Phi) is 7.39. The van der Waals surface area contributed by atoms with E-state index in [1.54, 1.807) is 0 Å². The minimum atomic E-state index is -0.833. The van der Waals surface area contributed by atoms with Crippen LogP contribution in [0.3, 0.4) is 0 Å². The molecule has 0 saturated heterocycles. The number of carboxylic acids is 1. The zero-order chi connectivity index (χ0) is 11.7. The van der Waals surface area contributed by atoms with Crippen LogP contribution in [0.25, 0.3) is 0 Å². The van der Waals surface area contributed by atoms with Crippen molar-refractivity contribution in [2.45, 2.75) is 58.8 Å². The maximum Gasteiger partial charge on any atom is 0.300 e. The van der Waals surface area contributed by atoms with E-state index in [4.69, 9.17) is 15.6 Å². The quantitative estimate of drug-likeness (QED) is 0.758. The van der Waals surface area contributed by atoms with Crippen molar-refractivity contribution < 1.29 is 9.90 Å². The van der Waals surface area contributed by atoms with E-state index in [-0.39, 0.29) is 0 Å².